The first-order valence-electron chi connectivity index (χ1n) is 5.41. The highest BCUT2D eigenvalue weighted by molar-refractivity contribution is 5.32. The highest BCUT2D eigenvalue weighted by Gasteiger charge is 2.10. The third-order valence-electron chi connectivity index (χ3n) is 2.76. The molecule has 1 radical (unpaired) electrons. The fraction of sp³-hybridized carbons (Fsp3) is 0.385. The number of likely N-dealkylation sites (tertiary alicyclic amines) is 1. The number of nitrogens with zero attached hydrogens (tertiary/aromatic N) is 2. The zero-order chi connectivity index (χ0) is 10.5. The van der Waals surface area contributed by atoms with Crippen molar-refractivity contribution in [2.75, 3.05) is 13.1 Å². The van der Waals surface area contributed by atoms with Crippen LogP contribution in [0.15, 0.2) is 24.3 Å². The Morgan fingerprint density at radius 2 is 2.07 bits per heavy atom. The van der Waals surface area contributed by atoms with E-state index in [-0.39, 0.29) is 0 Å². The van der Waals surface area contributed by atoms with E-state index in [1.807, 2.05) is 18.2 Å². The molecule has 1 saturated heterocycles. The van der Waals surface area contributed by atoms with Crippen LogP contribution in [0.3, 0.4) is 0 Å². The minimum Gasteiger partial charge on any atom is -0.299 e. The molecule has 1 aromatic rings. The number of rotatable bonds is 2. The molecule has 2 nitrogen and oxygen atoms in total. The molecule has 15 heavy (non-hydrogen) atoms. The SMILES string of the molecule is N#Cc1cccc(CN2CC[CH]CC2)c1. The minimum absolute atomic E-state index is 0.760. The molecule has 0 saturated carbocycles. The Morgan fingerprint density at radius 3 is 2.80 bits per heavy atom. The Hall–Kier alpha value is -1.33. The van der Waals surface area contributed by atoms with E-state index >= 15 is 0 Å². The lowest BCUT2D eigenvalue weighted by molar-refractivity contribution is 0.246. The summed E-state index contributed by atoms with van der Waals surface area (Å²) in [6.07, 6.45) is 4.73. The summed E-state index contributed by atoms with van der Waals surface area (Å²) >= 11 is 0. The minimum atomic E-state index is 0.760. The van der Waals surface area contributed by atoms with Crippen molar-refractivity contribution in [3.05, 3.63) is 41.8 Å². The molecule has 0 unspecified atom stereocenters. The van der Waals surface area contributed by atoms with Crippen molar-refractivity contribution in [1.29, 1.82) is 5.26 Å². The van der Waals surface area contributed by atoms with Crippen LogP contribution < -0.4 is 0 Å². The summed E-state index contributed by atoms with van der Waals surface area (Å²) in [5.41, 5.74) is 2.01. The van der Waals surface area contributed by atoms with Crippen LogP contribution in [0.25, 0.3) is 0 Å². The third kappa shape index (κ3) is 2.81. The van der Waals surface area contributed by atoms with Crippen molar-refractivity contribution in [2.24, 2.45) is 0 Å². The first kappa shape index (κ1) is 10.2. The fourth-order valence-corrected chi connectivity index (χ4v) is 1.96. The molecule has 2 rings (SSSR count). The van der Waals surface area contributed by atoms with Crippen LogP contribution in [-0.4, -0.2) is 18.0 Å². The molecule has 0 aromatic heterocycles. The van der Waals surface area contributed by atoms with Crippen molar-refractivity contribution in [3.63, 3.8) is 0 Å². The molecule has 2 heteroatoms. The molecular weight excluding hydrogens is 184 g/mol. The van der Waals surface area contributed by atoms with Crippen LogP contribution in [0.2, 0.25) is 0 Å². The third-order valence-corrected chi connectivity index (χ3v) is 2.76. The highest BCUT2D eigenvalue weighted by atomic mass is 15.1. The summed E-state index contributed by atoms with van der Waals surface area (Å²) in [6, 6.07) is 10.1. The van der Waals surface area contributed by atoms with Crippen LogP contribution in [0, 0.1) is 17.8 Å². The molecule has 0 spiro atoms. The number of hydrogen-bond donors (Lipinski definition) is 0. The van der Waals surface area contributed by atoms with Crippen molar-refractivity contribution in [3.8, 4) is 6.07 Å². The average Bonchev–Trinajstić information content (AvgIpc) is 2.31. The van der Waals surface area contributed by atoms with Crippen LogP contribution in [0.5, 0.6) is 0 Å². The second kappa shape index (κ2) is 4.95. The predicted octanol–water partition coefficient (Wildman–Crippen LogP) is 2.36. The van der Waals surface area contributed by atoms with Gasteiger partial charge in [0.15, 0.2) is 0 Å². The normalized spacial score (nSPS) is 17.3. The Kier molecular flexibility index (Phi) is 3.37. The molecule has 0 bridgehead atoms. The quantitative estimate of drug-likeness (QED) is 0.731. The van der Waals surface area contributed by atoms with Gasteiger partial charge in [0, 0.05) is 6.54 Å². The monoisotopic (exact) mass is 199 g/mol. The maximum absolute atomic E-state index is 8.80. The number of piperidine rings is 1. The molecule has 0 amide bonds. The summed E-state index contributed by atoms with van der Waals surface area (Å²) in [4.78, 5) is 2.44. The van der Waals surface area contributed by atoms with Gasteiger partial charge in [-0.15, -0.1) is 0 Å². The van der Waals surface area contributed by atoms with Crippen LogP contribution in [-0.2, 0) is 6.54 Å². The molecule has 0 atom stereocenters. The van der Waals surface area contributed by atoms with Gasteiger partial charge in [-0.1, -0.05) is 12.1 Å². The number of nitriles is 1. The number of hydrogen-bond acceptors (Lipinski definition) is 2. The van der Waals surface area contributed by atoms with E-state index in [4.69, 9.17) is 5.26 Å². The molecule has 0 N–H and O–H groups in total. The van der Waals surface area contributed by atoms with Crippen LogP contribution in [0.1, 0.15) is 24.0 Å². The molecule has 1 aliphatic rings. The van der Waals surface area contributed by atoms with Gasteiger partial charge in [0.05, 0.1) is 11.6 Å². The predicted molar refractivity (Wildman–Crippen MR) is 60.0 cm³/mol. The van der Waals surface area contributed by atoms with E-state index in [1.165, 1.54) is 18.4 Å². The molecular formula is C13H15N2. The van der Waals surface area contributed by atoms with Gasteiger partial charge >= 0.3 is 0 Å². The summed E-state index contributed by atoms with van der Waals surface area (Å²) in [5.74, 6) is 0. The van der Waals surface area contributed by atoms with Gasteiger partial charge in [-0.25, -0.2) is 0 Å². The summed E-state index contributed by atoms with van der Waals surface area (Å²) in [6.45, 7) is 3.27. The second-order valence-electron chi connectivity index (χ2n) is 3.95. The van der Waals surface area contributed by atoms with E-state index < -0.39 is 0 Å². The average molecular weight is 199 g/mol. The van der Waals surface area contributed by atoms with E-state index in [0.717, 1.165) is 25.2 Å². The standard InChI is InChI=1S/C13H15N2/c14-10-12-5-4-6-13(9-12)11-15-7-2-1-3-8-15/h1,4-6,9H,2-3,7-8,11H2. The van der Waals surface area contributed by atoms with E-state index in [1.54, 1.807) is 0 Å². The maximum Gasteiger partial charge on any atom is 0.0991 e. The molecule has 1 aliphatic heterocycles. The summed E-state index contributed by atoms with van der Waals surface area (Å²) < 4.78 is 0. The van der Waals surface area contributed by atoms with Gasteiger partial charge in [0.1, 0.15) is 0 Å². The van der Waals surface area contributed by atoms with Gasteiger partial charge in [-0.2, -0.15) is 5.26 Å². The van der Waals surface area contributed by atoms with E-state index in [9.17, 15) is 0 Å². The molecule has 77 valence electrons. The fourth-order valence-electron chi connectivity index (χ4n) is 1.96. The van der Waals surface area contributed by atoms with E-state index in [2.05, 4.69) is 23.5 Å². The highest BCUT2D eigenvalue weighted by Crippen LogP contribution is 2.13. The summed E-state index contributed by atoms with van der Waals surface area (Å²) in [7, 11) is 0. The topological polar surface area (TPSA) is 27.0 Å². The first-order valence-corrected chi connectivity index (χ1v) is 5.41. The Labute approximate surface area is 91.1 Å². The lowest BCUT2D eigenvalue weighted by Crippen LogP contribution is -2.29. The van der Waals surface area contributed by atoms with Gasteiger partial charge in [0.2, 0.25) is 0 Å². The first-order chi connectivity index (χ1) is 7.38. The van der Waals surface area contributed by atoms with Gasteiger partial charge in [-0.05, 0) is 50.0 Å². The summed E-state index contributed by atoms with van der Waals surface area (Å²) in [5, 5.41) is 8.80. The molecule has 0 aliphatic carbocycles. The zero-order valence-corrected chi connectivity index (χ0v) is 8.82. The second-order valence-corrected chi connectivity index (χ2v) is 3.95. The smallest absolute Gasteiger partial charge is 0.0991 e. The molecule has 1 aromatic carbocycles. The zero-order valence-electron chi connectivity index (χ0n) is 8.82. The largest absolute Gasteiger partial charge is 0.299 e. The maximum atomic E-state index is 8.80. The Morgan fingerprint density at radius 1 is 1.27 bits per heavy atom. The molecule has 1 heterocycles. The Balaban J connectivity index is 2.00. The van der Waals surface area contributed by atoms with Gasteiger partial charge in [0.25, 0.3) is 0 Å². The lowest BCUT2D eigenvalue weighted by Gasteiger charge is -2.26. The number of benzene rings is 1. The van der Waals surface area contributed by atoms with Gasteiger partial charge < -0.3 is 0 Å². The van der Waals surface area contributed by atoms with Crippen molar-refractivity contribution in [1.82, 2.24) is 4.90 Å². The lowest BCUT2D eigenvalue weighted by atomic mass is 10.1. The Bertz CT molecular complexity index is 359. The molecule has 1 fully saturated rings. The van der Waals surface area contributed by atoms with E-state index in [0.29, 0.717) is 0 Å². The van der Waals surface area contributed by atoms with Crippen LogP contribution in [0.4, 0.5) is 0 Å². The van der Waals surface area contributed by atoms with Crippen molar-refractivity contribution in [2.45, 2.75) is 19.4 Å². The van der Waals surface area contributed by atoms with Gasteiger partial charge in [-0.3, -0.25) is 4.90 Å². The van der Waals surface area contributed by atoms with Crippen molar-refractivity contribution < 1.29 is 0 Å². The van der Waals surface area contributed by atoms with Crippen LogP contribution >= 0.6 is 0 Å². The van der Waals surface area contributed by atoms with Crippen molar-refractivity contribution >= 4 is 0 Å².